The van der Waals surface area contributed by atoms with Crippen molar-refractivity contribution in [3.05, 3.63) is 92.3 Å². The molecule has 3 aromatic rings. The van der Waals surface area contributed by atoms with Gasteiger partial charge in [-0.3, -0.25) is 19.6 Å². The number of carbonyl (C=O) groups excluding carboxylic acids is 2. The van der Waals surface area contributed by atoms with E-state index in [2.05, 4.69) is 15.2 Å². The molecule has 2 atom stereocenters. The molecule has 0 spiro atoms. The molecule has 6 rings (SSSR count). The Labute approximate surface area is 273 Å². The number of benzene rings is 2. The summed E-state index contributed by atoms with van der Waals surface area (Å²) >= 11 is 8.05. The minimum absolute atomic E-state index is 0.0725. The molecule has 0 aliphatic carbocycles. The minimum Gasteiger partial charge on any atom is -0.481 e. The first-order valence-electron chi connectivity index (χ1n) is 14.9. The van der Waals surface area contributed by atoms with Crippen LogP contribution >= 0.6 is 22.9 Å². The number of hydrogen-bond acceptors (Lipinski definition) is 9. The topological polar surface area (TPSA) is 128 Å². The number of piperazine rings is 1. The molecule has 4 heterocycles. The molecule has 2 N–H and O–H groups in total. The van der Waals surface area contributed by atoms with E-state index < -0.39 is 23.8 Å². The number of aliphatic imine (C=N–C) groups is 1. The van der Waals surface area contributed by atoms with Gasteiger partial charge in [0.2, 0.25) is 0 Å². The van der Waals surface area contributed by atoms with E-state index in [-0.39, 0.29) is 31.5 Å². The normalized spacial score (nSPS) is 20.0. The third kappa shape index (κ3) is 6.48. The Morgan fingerprint density at radius 3 is 2.74 bits per heavy atom. The highest BCUT2D eigenvalue weighted by Gasteiger charge is 2.42. The summed E-state index contributed by atoms with van der Waals surface area (Å²) in [5.41, 5.74) is 2.37. The van der Waals surface area contributed by atoms with Crippen LogP contribution in [0.25, 0.3) is 0 Å². The summed E-state index contributed by atoms with van der Waals surface area (Å²) in [7, 11) is 0. The summed E-state index contributed by atoms with van der Waals surface area (Å²) in [4.78, 5) is 52.7. The summed E-state index contributed by atoms with van der Waals surface area (Å²) in [6.45, 7) is 4.15. The molecule has 3 aliphatic rings. The number of rotatable bonds is 10. The van der Waals surface area contributed by atoms with Crippen molar-refractivity contribution in [2.45, 2.75) is 31.8 Å². The van der Waals surface area contributed by atoms with Gasteiger partial charge < -0.3 is 20.1 Å². The maximum absolute atomic E-state index is 14.8. The highest BCUT2D eigenvalue weighted by Crippen LogP contribution is 2.37. The number of aliphatic carboxylic acids is 1. The Bertz CT molecular complexity index is 1720. The lowest BCUT2D eigenvalue weighted by Crippen LogP contribution is -2.53. The molecule has 11 nitrogen and oxygen atoms in total. The van der Waals surface area contributed by atoms with Crippen LogP contribution < -0.4 is 10.2 Å². The van der Waals surface area contributed by atoms with E-state index in [0.717, 1.165) is 0 Å². The monoisotopic (exact) mass is 666 g/mol. The van der Waals surface area contributed by atoms with Crippen molar-refractivity contribution in [2.75, 3.05) is 44.2 Å². The summed E-state index contributed by atoms with van der Waals surface area (Å²) < 4.78 is 20.3. The van der Waals surface area contributed by atoms with Crippen LogP contribution in [0.4, 0.5) is 14.9 Å². The van der Waals surface area contributed by atoms with Gasteiger partial charge in [-0.05, 0) is 37.1 Å². The number of halogens is 2. The molecule has 0 bridgehead atoms. The highest BCUT2D eigenvalue weighted by atomic mass is 35.5. The predicted octanol–water partition coefficient (Wildman–Crippen LogP) is 4.49. The molecule has 1 aromatic heterocycles. The minimum atomic E-state index is -1.00. The first kappa shape index (κ1) is 31.6. The first-order chi connectivity index (χ1) is 22.2. The molecular formula is C32H32ClFN6O5S. The second kappa shape index (κ2) is 13.6. The predicted molar refractivity (Wildman–Crippen MR) is 172 cm³/mol. The molecule has 2 saturated heterocycles. The number of thiazole rings is 1. The fourth-order valence-corrected chi connectivity index (χ4v) is 6.87. The molecule has 14 heteroatoms. The Morgan fingerprint density at radius 1 is 1.20 bits per heavy atom. The second-order valence-electron chi connectivity index (χ2n) is 11.1. The van der Waals surface area contributed by atoms with Crippen LogP contribution in [0.5, 0.6) is 0 Å². The Morgan fingerprint density at radius 2 is 2.02 bits per heavy atom. The molecule has 3 aliphatic heterocycles. The third-order valence-corrected chi connectivity index (χ3v) is 9.36. The van der Waals surface area contributed by atoms with Crippen molar-refractivity contribution in [3.63, 3.8) is 0 Å². The fraction of sp³-hybridized carbons (Fsp3) is 0.344. The average Bonchev–Trinajstić information content (AvgIpc) is 3.69. The number of aromatic nitrogens is 1. The van der Waals surface area contributed by atoms with Crippen LogP contribution in [0.2, 0.25) is 5.02 Å². The lowest BCUT2D eigenvalue weighted by atomic mass is 9.95. The van der Waals surface area contributed by atoms with Gasteiger partial charge in [-0.15, -0.1) is 11.3 Å². The number of carbonyl (C=O) groups is 3. The smallest absolute Gasteiger partial charge is 0.338 e. The van der Waals surface area contributed by atoms with Gasteiger partial charge in [-0.2, -0.15) is 0 Å². The van der Waals surface area contributed by atoms with E-state index in [4.69, 9.17) is 26.4 Å². The number of carboxylic acid groups (broad SMARTS) is 1. The maximum Gasteiger partial charge on any atom is 0.338 e. The Hall–Kier alpha value is -4.33. The maximum atomic E-state index is 14.8. The van der Waals surface area contributed by atoms with Gasteiger partial charge in [-0.25, -0.2) is 19.0 Å². The highest BCUT2D eigenvalue weighted by molar-refractivity contribution is 7.11. The number of nitrogens with one attached hydrogen (secondary N) is 1. The number of amides is 2. The van der Waals surface area contributed by atoms with Crippen LogP contribution in [-0.2, 0) is 20.7 Å². The third-order valence-electron chi connectivity index (χ3n) is 8.23. The quantitative estimate of drug-likeness (QED) is 0.303. The number of nitrogens with zero attached hydrogens (tertiary/aromatic N) is 5. The molecule has 0 unspecified atom stereocenters. The SMILES string of the molecule is CCOC(=O)C1=C(CN2CCN3C(=O)N(c4ccc(CCC(=O)O)c(F)c4)C[C@@H]3C2)NC(c2nccs2)=N[C@H]1c1ccccc1Cl. The molecule has 0 saturated carbocycles. The summed E-state index contributed by atoms with van der Waals surface area (Å²) in [5.74, 6) is -1.51. The van der Waals surface area contributed by atoms with Gasteiger partial charge in [0, 0.05) is 72.7 Å². The van der Waals surface area contributed by atoms with Gasteiger partial charge >= 0.3 is 18.0 Å². The van der Waals surface area contributed by atoms with Gasteiger partial charge in [-0.1, -0.05) is 35.9 Å². The first-order valence-corrected chi connectivity index (χ1v) is 16.2. The number of anilines is 1. The zero-order valence-electron chi connectivity index (χ0n) is 25.0. The molecule has 2 fully saturated rings. The van der Waals surface area contributed by atoms with E-state index >= 15 is 0 Å². The van der Waals surface area contributed by atoms with Crippen LogP contribution in [0.3, 0.4) is 0 Å². The second-order valence-corrected chi connectivity index (χ2v) is 12.4. The molecule has 2 aromatic carbocycles. The molecule has 240 valence electrons. The van der Waals surface area contributed by atoms with Crippen molar-refractivity contribution < 1.29 is 28.6 Å². The van der Waals surface area contributed by atoms with Gasteiger partial charge in [0.05, 0.1) is 18.2 Å². The number of esters is 1. The van der Waals surface area contributed by atoms with Crippen molar-refractivity contribution in [1.82, 2.24) is 20.1 Å². The van der Waals surface area contributed by atoms with E-state index in [1.807, 2.05) is 23.6 Å². The number of hydrogen-bond donors (Lipinski definition) is 2. The van der Waals surface area contributed by atoms with Crippen LogP contribution in [0, 0.1) is 5.82 Å². The van der Waals surface area contributed by atoms with E-state index in [1.165, 1.54) is 17.4 Å². The Balaban J connectivity index is 1.25. The fourth-order valence-electron chi connectivity index (χ4n) is 6.04. The van der Waals surface area contributed by atoms with Crippen molar-refractivity contribution in [1.29, 1.82) is 0 Å². The summed E-state index contributed by atoms with van der Waals surface area (Å²) in [6.07, 6.45) is 1.59. The zero-order valence-corrected chi connectivity index (χ0v) is 26.6. The largest absolute Gasteiger partial charge is 0.481 e. The zero-order chi connectivity index (χ0) is 32.4. The number of urea groups is 1. The summed E-state index contributed by atoms with van der Waals surface area (Å²) in [5, 5.41) is 15.3. The van der Waals surface area contributed by atoms with Crippen molar-refractivity contribution >= 4 is 52.4 Å². The van der Waals surface area contributed by atoms with Gasteiger partial charge in [0.1, 0.15) is 11.9 Å². The van der Waals surface area contributed by atoms with Gasteiger partial charge in [0.15, 0.2) is 10.8 Å². The summed E-state index contributed by atoms with van der Waals surface area (Å²) in [6, 6.07) is 10.7. The van der Waals surface area contributed by atoms with Crippen LogP contribution in [0.1, 0.15) is 35.5 Å². The van der Waals surface area contributed by atoms with E-state index in [0.29, 0.717) is 76.7 Å². The van der Waals surface area contributed by atoms with Crippen LogP contribution in [0.15, 0.2) is 70.3 Å². The number of fused-ring (bicyclic) bond motifs is 1. The van der Waals surface area contributed by atoms with Crippen molar-refractivity contribution in [2.24, 2.45) is 4.99 Å². The number of amidine groups is 1. The molecule has 46 heavy (non-hydrogen) atoms. The number of carboxylic acids is 1. The van der Waals surface area contributed by atoms with Gasteiger partial charge in [0.25, 0.3) is 0 Å². The van der Waals surface area contributed by atoms with E-state index in [1.54, 1.807) is 41.1 Å². The van der Waals surface area contributed by atoms with E-state index in [9.17, 15) is 18.8 Å². The Kier molecular flexibility index (Phi) is 9.34. The lowest BCUT2D eigenvalue weighted by Gasteiger charge is -2.38. The standard InChI is InChI=1S/C32H32ClFN6O5S/c1-2-45-31(43)27-25(36-29(30-35-11-14-46-30)37-28(27)22-5-3-4-6-23(22)33)18-38-12-13-39-21(16-38)17-40(32(39)44)20-9-7-19(24(34)15-20)8-10-26(41)42/h3-7,9,11,14-15,21,28H,2,8,10,12-13,16-18H2,1H3,(H,36,37)(H,41,42)/t21-,28-/m0/s1. The van der Waals surface area contributed by atoms with Crippen LogP contribution in [-0.4, -0.2) is 89.1 Å². The molecule has 0 radical (unpaired) electrons. The molecular weight excluding hydrogens is 635 g/mol. The number of ether oxygens (including phenoxy) is 1. The molecule has 2 amide bonds. The lowest BCUT2D eigenvalue weighted by molar-refractivity contribution is -0.139. The van der Waals surface area contributed by atoms with Crippen molar-refractivity contribution in [3.8, 4) is 0 Å². The number of aryl methyl sites for hydroxylation is 1. The average molecular weight is 667 g/mol.